The highest BCUT2D eigenvalue weighted by atomic mass is 35.5. The molecule has 1 aromatic heterocycles. The highest BCUT2D eigenvalue weighted by molar-refractivity contribution is 8.00. The molecule has 0 aliphatic heterocycles. The minimum atomic E-state index is -0.248. The lowest BCUT2D eigenvalue weighted by molar-refractivity contribution is -0.120. The Kier molecular flexibility index (Phi) is 4.12. The zero-order valence-electron chi connectivity index (χ0n) is 11.4. The number of tetrazole rings is 1. The Morgan fingerprint density at radius 3 is 2.81 bits per heavy atom. The van der Waals surface area contributed by atoms with Crippen molar-refractivity contribution >= 4 is 29.3 Å². The number of carbonyl (C=O) groups excluding carboxylic acids is 1. The summed E-state index contributed by atoms with van der Waals surface area (Å²) in [5.41, 5.74) is 0.807. The van der Waals surface area contributed by atoms with Crippen molar-refractivity contribution in [3.63, 3.8) is 0 Å². The van der Waals surface area contributed by atoms with Crippen LogP contribution in [0, 0.1) is 0 Å². The van der Waals surface area contributed by atoms with Gasteiger partial charge in [-0.15, -0.1) is 5.10 Å². The van der Waals surface area contributed by atoms with Crippen LogP contribution in [0.2, 0.25) is 5.02 Å². The van der Waals surface area contributed by atoms with Gasteiger partial charge >= 0.3 is 0 Å². The van der Waals surface area contributed by atoms with Crippen LogP contribution >= 0.6 is 23.4 Å². The Hall–Kier alpha value is -1.60. The highest BCUT2D eigenvalue weighted by Crippen LogP contribution is 2.25. The zero-order chi connectivity index (χ0) is 14.8. The molecule has 110 valence electrons. The SMILES string of the molecule is CC(Sc1nnnn1-c1ccc(Cl)cc1)C(=O)NC1CC1. The van der Waals surface area contributed by atoms with Crippen molar-refractivity contribution < 1.29 is 4.79 Å². The van der Waals surface area contributed by atoms with E-state index in [1.807, 2.05) is 19.1 Å². The number of halogens is 1. The van der Waals surface area contributed by atoms with Crippen LogP contribution in [-0.2, 0) is 4.79 Å². The van der Waals surface area contributed by atoms with Gasteiger partial charge in [-0.05, 0) is 54.5 Å². The molecular weight excluding hydrogens is 310 g/mol. The molecule has 1 N–H and O–H groups in total. The summed E-state index contributed by atoms with van der Waals surface area (Å²) in [5.74, 6) is 0.0214. The van der Waals surface area contributed by atoms with Crippen LogP contribution in [0.4, 0.5) is 0 Å². The third kappa shape index (κ3) is 3.54. The molecule has 1 fully saturated rings. The largest absolute Gasteiger partial charge is 0.352 e. The van der Waals surface area contributed by atoms with Crippen LogP contribution in [0.15, 0.2) is 29.4 Å². The minimum absolute atomic E-state index is 0.0214. The molecule has 0 radical (unpaired) electrons. The molecule has 1 unspecified atom stereocenters. The molecule has 0 bridgehead atoms. The third-order valence-electron chi connectivity index (χ3n) is 3.09. The van der Waals surface area contributed by atoms with Crippen LogP contribution in [0.5, 0.6) is 0 Å². The van der Waals surface area contributed by atoms with Gasteiger partial charge in [-0.25, -0.2) is 0 Å². The first kappa shape index (κ1) is 14.3. The maximum atomic E-state index is 12.0. The quantitative estimate of drug-likeness (QED) is 0.853. The van der Waals surface area contributed by atoms with E-state index in [4.69, 9.17) is 11.6 Å². The second-order valence-corrected chi connectivity index (χ2v) is 6.64. The standard InChI is InChI=1S/C13H14ClN5OS/c1-8(12(20)15-10-4-5-10)21-13-16-17-18-19(13)11-6-2-9(14)3-7-11/h2-3,6-8,10H,4-5H2,1H3,(H,15,20). The van der Waals surface area contributed by atoms with Crippen molar-refractivity contribution in [1.29, 1.82) is 0 Å². The van der Waals surface area contributed by atoms with Gasteiger partial charge in [-0.1, -0.05) is 23.4 Å². The molecule has 1 aliphatic rings. The molecule has 1 saturated carbocycles. The van der Waals surface area contributed by atoms with Crippen LogP contribution in [0.25, 0.3) is 5.69 Å². The van der Waals surface area contributed by atoms with Crippen LogP contribution in [0.3, 0.4) is 0 Å². The zero-order valence-corrected chi connectivity index (χ0v) is 12.9. The number of thioether (sulfide) groups is 1. The van der Waals surface area contributed by atoms with Gasteiger partial charge in [0.2, 0.25) is 11.1 Å². The maximum absolute atomic E-state index is 12.0. The molecule has 0 spiro atoms. The van der Waals surface area contributed by atoms with Gasteiger partial charge in [0.1, 0.15) is 0 Å². The molecule has 3 rings (SSSR count). The first-order valence-electron chi connectivity index (χ1n) is 6.65. The van der Waals surface area contributed by atoms with E-state index in [9.17, 15) is 4.79 Å². The van der Waals surface area contributed by atoms with Crippen molar-refractivity contribution in [2.75, 3.05) is 0 Å². The monoisotopic (exact) mass is 323 g/mol. The Morgan fingerprint density at radius 2 is 2.14 bits per heavy atom. The van der Waals surface area contributed by atoms with E-state index in [1.54, 1.807) is 16.8 Å². The van der Waals surface area contributed by atoms with Crippen molar-refractivity contribution in [2.24, 2.45) is 0 Å². The molecule has 2 aromatic rings. The smallest absolute Gasteiger partial charge is 0.233 e. The Balaban J connectivity index is 1.72. The maximum Gasteiger partial charge on any atom is 0.233 e. The normalized spacial score (nSPS) is 15.7. The number of hydrogen-bond donors (Lipinski definition) is 1. The van der Waals surface area contributed by atoms with Gasteiger partial charge in [0.05, 0.1) is 10.9 Å². The molecular formula is C13H14ClN5OS. The topological polar surface area (TPSA) is 72.7 Å². The predicted octanol–water partition coefficient (Wildman–Crippen LogP) is 2.07. The lowest BCUT2D eigenvalue weighted by atomic mass is 10.3. The van der Waals surface area contributed by atoms with Gasteiger partial charge in [-0.3, -0.25) is 4.79 Å². The highest BCUT2D eigenvalue weighted by Gasteiger charge is 2.27. The van der Waals surface area contributed by atoms with E-state index in [0.717, 1.165) is 18.5 Å². The number of benzene rings is 1. The second-order valence-electron chi connectivity index (χ2n) is 4.89. The van der Waals surface area contributed by atoms with Gasteiger partial charge < -0.3 is 5.32 Å². The lowest BCUT2D eigenvalue weighted by Gasteiger charge is -2.11. The predicted molar refractivity (Wildman–Crippen MR) is 80.6 cm³/mol. The molecule has 8 heteroatoms. The van der Waals surface area contributed by atoms with Crippen molar-refractivity contribution in [3.05, 3.63) is 29.3 Å². The van der Waals surface area contributed by atoms with Gasteiger partial charge in [0, 0.05) is 11.1 Å². The first-order chi connectivity index (χ1) is 10.1. The average molecular weight is 324 g/mol. The van der Waals surface area contributed by atoms with Gasteiger partial charge in [0.25, 0.3) is 0 Å². The van der Waals surface area contributed by atoms with E-state index >= 15 is 0 Å². The van der Waals surface area contributed by atoms with Crippen molar-refractivity contribution in [2.45, 2.75) is 36.2 Å². The fraction of sp³-hybridized carbons (Fsp3) is 0.385. The van der Waals surface area contributed by atoms with E-state index < -0.39 is 0 Å². The summed E-state index contributed by atoms with van der Waals surface area (Å²) in [4.78, 5) is 12.0. The molecule has 0 saturated heterocycles. The van der Waals surface area contributed by atoms with Crippen LogP contribution in [-0.4, -0.2) is 37.4 Å². The van der Waals surface area contributed by atoms with Crippen molar-refractivity contribution in [1.82, 2.24) is 25.5 Å². The third-order valence-corrected chi connectivity index (χ3v) is 4.37. The van der Waals surface area contributed by atoms with Crippen LogP contribution < -0.4 is 5.32 Å². The Labute approximate surface area is 131 Å². The van der Waals surface area contributed by atoms with Crippen molar-refractivity contribution in [3.8, 4) is 5.69 Å². The molecule has 6 nitrogen and oxygen atoms in total. The summed E-state index contributed by atoms with van der Waals surface area (Å²) in [6.45, 7) is 1.85. The fourth-order valence-electron chi connectivity index (χ4n) is 1.75. The average Bonchev–Trinajstić information content (AvgIpc) is 3.16. The van der Waals surface area contributed by atoms with E-state index in [2.05, 4.69) is 20.8 Å². The summed E-state index contributed by atoms with van der Waals surface area (Å²) in [6.07, 6.45) is 2.15. The summed E-state index contributed by atoms with van der Waals surface area (Å²) in [5, 5.41) is 15.6. The van der Waals surface area contributed by atoms with Gasteiger partial charge in [-0.2, -0.15) is 4.68 Å². The fourth-order valence-corrected chi connectivity index (χ4v) is 2.70. The number of hydrogen-bond acceptors (Lipinski definition) is 5. The number of rotatable bonds is 5. The first-order valence-corrected chi connectivity index (χ1v) is 7.90. The van der Waals surface area contributed by atoms with E-state index in [0.29, 0.717) is 16.2 Å². The van der Waals surface area contributed by atoms with Gasteiger partial charge in [0.15, 0.2) is 0 Å². The summed E-state index contributed by atoms with van der Waals surface area (Å²) in [7, 11) is 0. The molecule has 1 amide bonds. The molecule has 1 heterocycles. The van der Waals surface area contributed by atoms with Crippen LogP contribution in [0.1, 0.15) is 19.8 Å². The number of carbonyl (C=O) groups is 1. The Bertz CT molecular complexity index is 640. The van der Waals surface area contributed by atoms with E-state index in [1.165, 1.54) is 11.8 Å². The summed E-state index contributed by atoms with van der Waals surface area (Å²) < 4.78 is 1.60. The number of aromatic nitrogens is 4. The molecule has 21 heavy (non-hydrogen) atoms. The lowest BCUT2D eigenvalue weighted by Crippen LogP contribution is -2.32. The number of nitrogens with zero attached hydrogens (tertiary/aromatic N) is 4. The summed E-state index contributed by atoms with van der Waals surface area (Å²) >= 11 is 7.21. The molecule has 1 aromatic carbocycles. The Morgan fingerprint density at radius 1 is 1.43 bits per heavy atom. The summed E-state index contributed by atoms with van der Waals surface area (Å²) in [6, 6.07) is 7.56. The number of amides is 1. The molecule has 1 atom stereocenters. The minimum Gasteiger partial charge on any atom is -0.352 e. The van der Waals surface area contributed by atoms with E-state index in [-0.39, 0.29) is 11.2 Å². The number of nitrogens with one attached hydrogen (secondary N) is 1. The second kappa shape index (κ2) is 6.03. The molecule has 1 aliphatic carbocycles.